The molecular formula is C19H24F2N4O5. The zero-order valence-corrected chi connectivity index (χ0v) is 16.9. The smallest absolute Gasteiger partial charge is 0.387 e. The van der Waals surface area contributed by atoms with Crippen molar-refractivity contribution in [3.05, 3.63) is 50.2 Å². The molecule has 0 amide bonds. The van der Waals surface area contributed by atoms with Crippen LogP contribution in [0.4, 0.5) is 14.6 Å². The summed E-state index contributed by atoms with van der Waals surface area (Å²) in [5, 5.41) is 0. The Kier molecular flexibility index (Phi) is 7.70. The lowest BCUT2D eigenvalue weighted by molar-refractivity contribution is -0.0512. The number of aromatic amines is 1. The lowest BCUT2D eigenvalue weighted by atomic mass is 10.1. The Hall–Kier alpha value is -3.21. The predicted molar refractivity (Wildman–Crippen MR) is 106 cm³/mol. The van der Waals surface area contributed by atoms with Crippen molar-refractivity contribution in [2.75, 3.05) is 26.4 Å². The van der Waals surface area contributed by atoms with E-state index in [0.29, 0.717) is 12.0 Å². The topological polar surface area (TPSA) is 120 Å². The number of alkyl halides is 2. The number of hydrogen-bond acceptors (Lipinski definition) is 7. The molecule has 0 aliphatic carbocycles. The van der Waals surface area contributed by atoms with Crippen molar-refractivity contribution in [2.45, 2.75) is 33.0 Å². The molecule has 11 heteroatoms. The van der Waals surface area contributed by atoms with Gasteiger partial charge in [-0.15, -0.1) is 0 Å². The fourth-order valence-corrected chi connectivity index (χ4v) is 3.00. The third-order valence-electron chi connectivity index (χ3n) is 4.28. The predicted octanol–water partition coefficient (Wildman–Crippen LogP) is 1.45. The normalized spacial score (nSPS) is 11.2. The summed E-state index contributed by atoms with van der Waals surface area (Å²) in [4.78, 5) is 40.4. The minimum atomic E-state index is -2.98. The van der Waals surface area contributed by atoms with Gasteiger partial charge in [-0.1, -0.05) is 13.0 Å². The van der Waals surface area contributed by atoms with Gasteiger partial charge in [0.25, 0.3) is 5.56 Å². The Morgan fingerprint density at radius 1 is 1.30 bits per heavy atom. The molecular weight excluding hydrogens is 402 g/mol. The van der Waals surface area contributed by atoms with Crippen LogP contribution in [-0.2, 0) is 13.1 Å². The summed E-state index contributed by atoms with van der Waals surface area (Å²) in [6.45, 7) is -0.786. The number of carbonyl (C=O) groups excluding carboxylic acids is 1. The molecule has 1 aromatic heterocycles. The summed E-state index contributed by atoms with van der Waals surface area (Å²) in [7, 11) is 2.96. The molecule has 0 saturated carbocycles. The van der Waals surface area contributed by atoms with Crippen molar-refractivity contribution in [1.29, 1.82) is 0 Å². The minimum Gasteiger partial charge on any atom is -0.493 e. The van der Waals surface area contributed by atoms with E-state index in [9.17, 15) is 23.2 Å². The molecule has 0 fully saturated rings. The Labute approximate surface area is 171 Å². The van der Waals surface area contributed by atoms with E-state index in [0.717, 1.165) is 4.57 Å². The molecule has 0 aliphatic heterocycles. The molecule has 2 aromatic rings. The highest BCUT2D eigenvalue weighted by Crippen LogP contribution is 2.29. The van der Waals surface area contributed by atoms with E-state index in [1.807, 2.05) is 6.92 Å². The first-order valence-electron chi connectivity index (χ1n) is 9.14. The number of hydrogen-bond donors (Lipinski definition) is 2. The van der Waals surface area contributed by atoms with E-state index < -0.39 is 23.6 Å². The number of ether oxygens (including phenoxy) is 2. The number of nitrogens with one attached hydrogen (secondary N) is 1. The van der Waals surface area contributed by atoms with Crippen molar-refractivity contribution < 1.29 is 23.0 Å². The minimum absolute atomic E-state index is 0.104. The summed E-state index contributed by atoms with van der Waals surface area (Å²) in [5.74, 6) is -0.697. The molecule has 0 bridgehead atoms. The quantitative estimate of drug-likeness (QED) is 0.552. The molecule has 3 N–H and O–H groups in total. The molecule has 0 radical (unpaired) electrons. The van der Waals surface area contributed by atoms with Crippen molar-refractivity contribution in [1.82, 2.24) is 14.5 Å². The number of nitrogens with zero attached hydrogens (tertiary/aromatic N) is 2. The fourth-order valence-electron chi connectivity index (χ4n) is 3.00. The van der Waals surface area contributed by atoms with Gasteiger partial charge in [0.2, 0.25) is 0 Å². The maximum Gasteiger partial charge on any atom is 0.387 e. The third kappa shape index (κ3) is 5.44. The molecule has 9 nitrogen and oxygen atoms in total. The van der Waals surface area contributed by atoms with Crippen LogP contribution in [0.15, 0.2) is 27.8 Å². The first-order chi connectivity index (χ1) is 14.2. The summed E-state index contributed by atoms with van der Waals surface area (Å²) in [6, 6.07) is 4.42. The number of likely N-dealkylation sites (N-methyl/N-ethyl adjacent to an activating group) is 1. The molecule has 2 rings (SSSR count). The van der Waals surface area contributed by atoms with Gasteiger partial charge in [-0.2, -0.15) is 8.78 Å². The average molecular weight is 426 g/mol. The Morgan fingerprint density at radius 3 is 2.60 bits per heavy atom. The molecule has 0 aliphatic rings. The maximum absolute atomic E-state index is 12.7. The van der Waals surface area contributed by atoms with Gasteiger partial charge in [0.1, 0.15) is 11.4 Å². The highest BCUT2D eigenvalue weighted by Gasteiger charge is 2.20. The molecule has 1 aromatic carbocycles. The number of Topliss-reactive ketones (excluding diaryl/α,β-unsaturated/α-hetero) is 1. The van der Waals surface area contributed by atoms with Crippen LogP contribution in [-0.4, -0.2) is 47.5 Å². The Bertz CT molecular complexity index is 1020. The van der Waals surface area contributed by atoms with E-state index in [4.69, 9.17) is 10.5 Å². The van der Waals surface area contributed by atoms with Gasteiger partial charge in [0, 0.05) is 13.1 Å². The summed E-state index contributed by atoms with van der Waals surface area (Å²) >= 11 is 0. The van der Waals surface area contributed by atoms with Crippen LogP contribution >= 0.6 is 0 Å². The fraction of sp³-hybridized carbons (Fsp3) is 0.421. The second-order valence-electron chi connectivity index (χ2n) is 6.63. The number of H-pyrrole nitrogens is 1. The number of rotatable bonds is 10. The van der Waals surface area contributed by atoms with Gasteiger partial charge < -0.3 is 15.2 Å². The van der Waals surface area contributed by atoms with Crippen LogP contribution < -0.4 is 26.5 Å². The van der Waals surface area contributed by atoms with E-state index >= 15 is 0 Å². The second-order valence-corrected chi connectivity index (χ2v) is 6.63. The monoisotopic (exact) mass is 426 g/mol. The first-order valence-corrected chi connectivity index (χ1v) is 9.14. The van der Waals surface area contributed by atoms with Crippen LogP contribution in [0, 0.1) is 0 Å². The first kappa shape index (κ1) is 23.1. The van der Waals surface area contributed by atoms with Crippen molar-refractivity contribution in [3.63, 3.8) is 0 Å². The molecule has 0 spiro atoms. The van der Waals surface area contributed by atoms with E-state index in [2.05, 4.69) is 9.72 Å². The number of anilines is 1. The van der Waals surface area contributed by atoms with Crippen LogP contribution in [0.3, 0.4) is 0 Å². The SMILES string of the molecule is CCCn1c(N)c(C(=O)CN(C)Cc2ccc(OC(F)F)c(OC)c2)c(=O)[nH]c1=O. The summed E-state index contributed by atoms with van der Waals surface area (Å²) in [5.41, 5.74) is 4.81. The zero-order chi connectivity index (χ0) is 22.4. The molecule has 164 valence electrons. The van der Waals surface area contributed by atoms with Crippen molar-refractivity contribution in [2.24, 2.45) is 0 Å². The van der Waals surface area contributed by atoms with Gasteiger partial charge in [-0.25, -0.2) is 4.79 Å². The molecule has 0 unspecified atom stereocenters. The highest BCUT2D eigenvalue weighted by molar-refractivity contribution is 6.01. The van der Waals surface area contributed by atoms with E-state index in [1.165, 1.54) is 19.2 Å². The number of benzene rings is 1. The van der Waals surface area contributed by atoms with Gasteiger partial charge in [-0.3, -0.25) is 24.0 Å². The van der Waals surface area contributed by atoms with Crippen LogP contribution in [0.25, 0.3) is 0 Å². The van der Waals surface area contributed by atoms with Gasteiger partial charge in [0.05, 0.1) is 13.7 Å². The number of aromatic nitrogens is 2. The van der Waals surface area contributed by atoms with E-state index in [1.54, 1.807) is 18.0 Å². The van der Waals surface area contributed by atoms with Gasteiger partial charge in [-0.05, 0) is 31.2 Å². The molecule has 0 atom stereocenters. The van der Waals surface area contributed by atoms with Gasteiger partial charge in [0.15, 0.2) is 17.3 Å². The number of nitrogens with two attached hydrogens (primary N) is 1. The maximum atomic E-state index is 12.7. The van der Waals surface area contributed by atoms with Crippen LogP contribution in [0.5, 0.6) is 11.5 Å². The largest absolute Gasteiger partial charge is 0.493 e. The summed E-state index contributed by atoms with van der Waals surface area (Å²) < 4.78 is 35.5. The average Bonchev–Trinajstić information content (AvgIpc) is 2.65. The number of ketones is 1. The lowest BCUT2D eigenvalue weighted by Crippen LogP contribution is -2.38. The molecule has 1 heterocycles. The lowest BCUT2D eigenvalue weighted by Gasteiger charge is -2.18. The number of carbonyl (C=O) groups is 1. The number of halogens is 2. The molecule has 30 heavy (non-hydrogen) atoms. The third-order valence-corrected chi connectivity index (χ3v) is 4.28. The Balaban J connectivity index is 2.18. The second kappa shape index (κ2) is 10.0. The standard InChI is InChI=1S/C19H24F2N4O5/c1-4-7-25-16(22)15(17(27)23-19(25)28)12(26)10-24(2)9-11-5-6-13(30-18(20)21)14(8-11)29-3/h5-6,8,18H,4,7,9-10,22H2,1-3H3,(H,23,27,28). The van der Waals surface area contributed by atoms with Gasteiger partial charge >= 0.3 is 12.3 Å². The molecule has 0 saturated heterocycles. The summed E-state index contributed by atoms with van der Waals surface area (Å²) in [6.07, 6.45) is 0.594. The van der Waals surface area contributed by atoms with Crippen LogP contribution in [0.2, 0.25) is 0 Å². The van der Waals surface area contributed by atoms with Crippen LogP contribution in [0.1, 0.15) is 29.3 Å². The number of nitrogen functional groups attached to an aromatic ring is 1. The van der Waals surface area contributed by atoms with E-state index in [-0.39, 0.29) is 42.5 Å². The van der Waals surface area contributed by atoms with Crippen molar-refractivity contribution >= 4 is 11.6 Å². The zero-order valence-electron chi connectivity index (χ0n) is 16.9. The highest BCUT2D eigenvalue weighted by atomic mass is 19.3. The number of methoxy groups -OCH3 is 1. The van der Waals surface area contributed by atoms with Crippen molar-refractivity contribution in [3.8, 4) is 11.5 Å². The Morgan fingerprint density at radius 2 is 2.00 bits per heavy atom.